The van der Waals surface area contributed by atoms with E-state index in [2.05, 4.69) is 68.3 Å². The number of aromatic amines is 1. The summed E-state index contributed by atoms with van der Waals surface area (Å²) in [6.45, 7) is 10.6. The summed E-state index contributed by atoms with van der Waals surface area (Å²) in [6.07, 6.45) is 3.36. The number of aryl methyl sites for hydroxylation is 1. The van der Waals surface area contributed by atoms with Crippen LogP contribution >= 0.6 is 0 Å². The third-order valence-corrected chi connectivity index (χ3v) is 4.34. The second-order valence-electron chi connectivity index (χ2n) is 6.81. The Balaban J connectivity index is 1.76. The highest BCUT2D eigenvalue weighted by Crippen LogP contribution is 2.20. The molecular weight excluding hydrogens is 330 g/mol. The van der Waals surface area contributed by atoms with Gasteiger partial charge in [0.25, 0.3) is 0 Å². The molecule has 9 nitrogen and oxygen atoms in total. The summed E-state index contributed by atoms with van der Waals surface area (Å²) >= 11 is 0. The molecule has 0 saturated heterocycles. The molecule has 3 N–H and O–H groups in total. The van der Waals surface area contributed by atoms with Gasteiger partial charge in [0, 0.05) is 38.3 Å². The average Bonchev–Trinajstić information content (AvgIpc) is 3.20. The number of nitrogens with one attached hydrogen (secondary N) is 3. The molecule has 0 spiro atoms. The van der Waals surface area contributed by atoms with E-state index in [1.165, 1.54) is 0 Å². The summed E-state index contributed by atoms with van der Waals surface area (Å²) in [5.41, 5.74) is 1.43. The van der Waals surface area contributed by atoms with E-state index in [0.717, 1.165) is 30.2 Å². The van der Waals surface area contributed by atoms with Crippen LogP contribution in [0.15, 0.2) is 18.6 Å². The highest BCUT2D eigenvalue weighted by molar-refractivity contribution is 5.84. The van der Waals surface area contributed by atoms with E-state index >= 15 is 0 Å². The maximum atomic E-state index is 4.61. The molecule has 0 aliphatic carbocycles. The molecular formula is C17H27N9. The fourth-order valence-electron chi connectivity index (χ4n) is 3.04. The zero-order valence-corrected chi connectivity index (χ0v) is 16.0. The molecule has 3 aromatic rings. The lowest BCUT2D eigenvalue weighted by atomic mass is 10.2. The van der Waals surface area contributed by atoms with Crippen molar-refractivity contribution in [3.8, 4) is 0 Å². The molecule has 0 radical (unpaired) electrons. The van der Waals surface area contributed by atoms with Gasteiger partial charge in [0.2, 0.25) is 5.95 Å². The predicted molar refractivity (Wildman–Crippen MR) is 104 cm³/mol. The van der Waals surface area contributed by atoms with Crippen LogP contribution in [0.2, 0.25) is 0 Å². The Kier molecular flexibility index (Phi) is 5.36. The summed E-state index contributed by atoms with van der Waals surface area (Å²) < 4.78 is 1.73. The molecule has 0 atom stereocenters. The van der Waals surface area contributed by atoms with Crippen LogP contribution in [0.5, 0.6) is 0 Å². The second kappa shape index (κ2) is 7.69. The Morgan fingerprint density at radius 3 is 2.62 bits per heavy atom. The van der Waals surface area contributed by atoms with Gasteiger partial charge in [-0.15, -0.1) is 0 Å². The van der Waals surface area contributed by atoms with Gasteiger partial charge in [0.15, 0.2) is 11.5 Å². The molecule has 0 fully saturated rings. The minimum Gasteiger partial charge on any atom is -0.367 e. The second-order valence-corrected chi connectivity index (χ2v) is 6.81. The Bertz CT molecular complexity index is 841. The van der Waals surface area contributed by atoms with E-state index in [9.17, 15) is 0 Å². The number of aromatic nitrogens is 6. The number of nitrogens with zero attached hydrogens (tertiary/aromatic N) is 6. The highest BCUT2D eigenvalue weighted by atomic mass is 15.3. The Morgan fingerprint density at radius 2 is 1.96 bits per heavy atom. The monoisotopic (exact) mass is 357 g/mol. The first-order chi connectivity index (χ1) is 12.5. The fourth-order valence-corrected chi connectivity index (χ4v) is 3.04. The standard InChI is InChI=1S/C17H27N9/c1-11(2)26(12(3)4)9-8-18-15-14-16(20-10-19-14)24-17(23-15)22-13-6-7-21-25(13)5/h6-7,10-12H,8-9H2,1-5H3,(H3,18,19,20,22,23,24). The lowest BCUT2D eigenvalue weighted by Crippen LogP contribution is -2.40. The lowest BCUT2D eigenvalue weighted by molar-refractivity contribution is 0.182. The zero-order valence-electron chi connectivity index (χ0n) is 16.0. The van der Waals surface area contributed by atoms with Gasteiger partial charge in [-0.05, 0) is 27.7 Å². The molecule has 140 valence electrons. The van der Waals surface area contributed by atoms with Crippen molar-refractivity contribution in [2.45, 2.75) is 39.8 Å². The normalized spacial score (nSPS) is 11.8. The Hall–Kier alpha value is -2.68. The SMILES string of the molecule is CC(C)N(CCNc1nc(Nc2ccnn2C)nc2nc[nH]c12)C(C)C. The quantitative estimate of drug-likeness (QED) is 0.569. The van der Waals surface area contributed by atoms with Crippen LogP contribution < -0.4 is 10.6 Å². The lowest BCUT2D eigenvalue weighted by Gasteiger charge is -2.30. The van der Waals surface area contributed by atoms with E-state index in [0.29, 0.717) is 23.7 Å². The van der Waals surface area contributed by atoms with Crippen molar-refractivity contribution in [2.24, 2.45) is 7.05 Å². The number of fused-ring (bicyclic) bond motifs is 1. The third-order valence-electron chi connectivity index (χ3n) is 4.34. The summed E-state index contributed by atoms with van der Waals surface area (Å²) in [7, 11) is 1.86. The number of hydrogen-bond acceptors (Lipinski definition) is 7. The zero-order chi connectivity index (χ0) is 18.7. The summed E-state index contributed by atoms with van der Waals surface area (Å²) in [5, 5.41) is 10.8. The smallest absolute Gasteiger partial charge is 0.232 e. The summed E-state index contributed by atoms with van der Waals surface area (Å²) in [4.78, 5) is 18.9. The molecule has 3 aromatic heterocycles. The maximum Gasteiger partial charge on any atom is 0.232 e. The first-order valence-electron chi connectivity index (χ1n) is 8.91. The molecule has 0 bridgehead atoms. The predicted octanol–water partition coefficient (Wildman–Crippen LogP) is 2.36. The third kappa shape index (κ3) is 3.93. The van der Waals surface area contributed by atoms with Crippen LogP contribution in [-0.4, -0.2) is 59.8 Å². The Labute approximate surface area is 153 Å². The topological polar surface area (TPSA) is 99.6 Å². The molecule has 9 heteroatoms. The largest absolute Gasteiger partial charge is 0.367 e. The first kappa shape index (κ1) is 18.1. The number of hydrogen-bond donors (Lipinski definition) is 3. The summed E-state index contributed by atoms with van der Waals surface area (Å²) in [6, 6.07) is 2.86. The molecule has 0 amide bonds. The molecule has 0 aliphatic heterocycles. The molecule has 26 heavy (non-hydrogen) atoms. The molecule has 0 aliphatic rings. The van der Waals surface area contributed by atoms with Crippen molar-refractivity contribution < 1.29 is 0 Å². The maximum absolute atomic E-state index is 4.61. The minimum atomic E-state index is 0.486. The van der Waals surface area contributed by atoms with Gasteiger partial charge < -0.3 is 15.6 Å². The van der Waals surface area contributed by atoms with Crippen molar-refractivity contribution in [1.82, 2.24) is 34.6 Å². The van der Waals surface area contributed by atoms with E-state index in [1.807, 2.05) is 13.1 Å². The van der Waals surface area contributed by atoms with Gasteiger partial charge >= 0.3 is 0 Å². The van der Waals surface area contributed by atoms with E-state index in [-0.39, 0.29) is 0 Å². The summed E-state index contributed by atoms with van der Waals surface area (Å²) in [5.74, 6) is 2.04. The molecule has 3 rings (SSSR count). The van der Waals surface area contributed by atoms with Crippen LogP contribution in [0.25, 0.3) is 11.2 Å². The van der Waals surface area contributed by atoms with Crippen molar-refractivity contribution in [1.29, 1.82) is 0 Å². The van der Waals surface area contributed by atoms with Crippen LogP contribution in [0.1, 0.15) is 27.7 Å². The van der Waals surface area contributed by atoms with Crippen molar-refractivity contribution in [3.05, 3.63) is 18.6 Å². The van der Waals surface area contributed by atoms with Crippen molar-refractivity contribution in [2.75, 3.05) is 23.7 Å². The molecule has 3 heterocycles. The number of anilines is 3. The van der Waals surface area contributed by atoms with Gasteiger partial charge in [-0.2, -0.15) is 15.1 Å². The number of H-pyrrole nitrogens is 1. The number of rotatable bonds is 8. The van der Waals surface area contributed by atoms with E-state index in [1.54, 1.807) is 17.2 Å². The fraction of sp³-hybridized carbons (Fsp3) is 0.529. The number of imidazole rings is 1. The van der Waals surface area contributed by atoms with Crippen LogP contribution in [0.3, 0.4) is 0 Å². The van der Waals surface area contributed by atoms with Crippen LogP contribution in [0.4, 0.5) is 17.6 Å². The van der Waals surface area contributed by atoms with Gasteiger partial charge in [0.05, 0.1) is 12.5 Å². The van der Waals surface area contributed by atoms with Crippen molar-refractivity contribution >= 4 is 28.7 Å². The minimum absolute atomic E-state index is 0.486. The van der Waals surface area contributed by atoms with E-state index in [4.69, 9.17) is 0 Å². The Morgan fingerprint density at radius 1 is 1.19 bits per heavy atom. The highest BCUT2D eigenvalue weighted by Gasteiger charge is 2.14. The van der Waals surface area contributed by atoms with Gasteiger partial charge in [-0.3, -0.25) is 9.58 Å². The molecule has 0 aromatic carbocycles. The van der Waals surface area contributed by atoms with Gasteiger partial charge in [-0.1, -0.05) is 0 Å². The van der Waals surface area contributed by atoms with Gasteiger partial charge in [0.1, 0.15) is 11.3 Å². The molecule has 0 saturated carbocycles. The van der Waals surface area contributed by atoms with Crippen molar-refractivity contribution in [3.63, 3.8) is 0 Å². The van der Waals surface area contributed by atoms with E-state index < -0.39 is 0 Å². The van der Waals surface area contributed by atoms with Crippen LogP contribution in [0, 0.1) is 0 Å². The average molecular weight is 357 g/mol. The first-order valence-corrected chi connectivity index (χ1v) is 8.91. The molecule has 0 unspecified atom stereocenters. The van der Waals surface area contributed by atoms with Crippen LogP contribution in [-0.2, 0) is 7.05 Å². The van der Waals surface area contributed by atoms with Gasteiger partial charge in [-0.25, -0.2) is 4.98 Å².